The summed E-state index contributed by atoms with van der Waals surface area (Å²) >= 11 is 0. The minimum atomic E-state index is -4.50. The van der Waals surface area contributed by atoms with Crippen LogP contribution < -0.4 is 9.47 Å². The molecule has 0 radical (unpaired) electrons. The molecule has 0 spiro atoms. The van der Waals surface area contributed by atoms with Gasteiger partial charge in [-0.2, -0.15) is 17.5 Å². The molecule has 0 unspecified atom stereocenters. The van der Waals surface area contributed by atoms with E-state index in [1.54, 1.807) is 12.1 Å². The largest absolute Gasteiger partial charge is 0.491 e. The second-order valence-electron chi connectivity index (χ2n) is 6.58. The van der Waals surface area contributed by atoms with E-state index in [1.165, 1.54) is 16.4 Å². The molecule has 1 aromatic carbocycles. The van der Waals surface area contributed by atoms with Gasteiger partial charge >= 0.3 is 6.18 Å². The monoisotopic (exact) mass is 416 g/mol. The normalized spacial score (nSPS) is 16.1. The van der Waals surface area contributed by atoms with Crippen molar-refractivity contribution in [3.05, 3.63) is 48.2 Å². The van der Waals surface area contributed by atoms with E-state index in [2.05, 4.69) is 4.98 Å². The Bertz CT molecular complexity index is 925. The van der Waals surface area contributed by atoms with Crippen LogP contribution in [-0.4, -0.2) is 43.0 Å². The molecular formula is C18H19F3N2O4S. The Labute approximate surface area is 161 Å². The van der Waals surface area contributed by atoms with E-state index in [0.29, 0.717) is 5.75 Å². The lowest BCUT2D eigenvalue weighted by molar-refractivity contribution is -0.137. The summed E-state index contributed by atoms with van der Waals surface area (Å²) in [6, 6.07) is 7.70. The summed E-state index contributed by atoms with van der Waals surface area (Å²) in [7, 11) is -3.71. The molecule has 152 valence electrons. The summed E-state index contributed by atoms with van der Waals surface area (Å²) in [5.41, 5.74) is -0.870. The van der Waals surface area contributed by atoms with E-state index in [0.717, 1.165) is 18.3 Å². The van der Waals surface area contributed by atoms with Gasteiger partial charge in [-0.05, 0) is 44.2 Å². The minimum absolute atomic E-state index is 0.0276. The molecule has 1 saturated heterocycles. The van der Waals surface area contributed by atoms with Gasteiger partial charge in [0.15, 0.2) is 0 Å². The second kappa shape index (κ2) is 7.59. The smallest absolute Gasteiger partial charge is 0.416 e. The number of ether oxygens (including phenoxy) is 2. The molecule has 10 heteroatoms. The van der Waals surface area contributed by atoms with Gasteiger partial charge in [-0.25, -0.2) is 13.4 Å². The van der Waals surface area contributed by atoms with Gasteiger partial charge in [0.25, 0.3) is 0 Å². The molecule has 0 N–H and O–H groups in total. The molecule has 28 heavy (non-hydrogen) atoms. The van der Waals surface area contributed by atoms with Gasteiger partial charge in [-0.15, -0.1) is 0 Å². The summed E-state index contributed by atoms with van der Waals surface area (Å²) in [5.74, 6) is 0.376. The fourth-order valence-electron chi connectivity index (χ4n) is 2.60. The molecule has 2 aromatic rings. The van der Waals surface area contributed by atoms with Gasteiger partial charge in [0.1, 0.15) is 11.9 Å². The summed E-state index contributed by atoms with van der Waals surface area (Å²) in [6.07, 6.45) is -4.08. The van der Waals surface area contributed by atoms with Crippen molar-refractivity contribution in [1.82, 2.24) is 9.29 Å². The highest BCUT2D eigenvalue weighted by Crippen LogP contribution is 2.31. The number of rotatable bonds is 6. The molecule has 0 bridgehead atoms. The van der Waals surface area contributed by atoms with Crippen molar-refractivity contribution in [3.8, 4) is 11.6 Å². The van der Waals surface area contributed by atoms with Gasteiger partial charge in [-0.3, -0.25) is 0 Å². The van der Waals surface area contributed by atoms with E-state index in [-0.39, 0.29) is 30.0 Å². The zero-order valence-corrected chi connectivity index (χ0v) is 16.0. The van der Waals surface area contributed by atoms with Crippen LogP contribution in [0.3, 0.4) is 0 Å². The maximum absolute atomic E-state index is 12.7. The third-order valence-corrected chi connectivity index (χ3v) is 5.84. The average Bonchev–Trinajstić information content (AvgIpc) is 2.57. The summed E-state index contributed by atoms with van der Waals surface area (Å²) in [4.78, 5) is 3.86. The Hall–Kier alpha value is -2.33. The fraction of sp³-hybridized carbons (Fsp3) is 0.389. The van der Waals surface area contributed by atoms with Crippen LogP contribution in [-0.2, 0) is 16.2 Å². The van der Waals surface area contributed by atoms with Crippen molar-refractivity contribution in [2.75, 3.05) is 13.1 Å². The van der Waals surface area contributed by atoms with Crippen molar-refractivity contribution in [1.29, 1.82) is 0 Å². The molecular weight excluding hydrogens is 397 g/mol. The number of alkyl halides is 3. The first-order valence-corrected chi connectivity index (χ1v) is 9.96. The van der Waals surface area contributed by atoms with E-state index in [1.807, 2.05) is 13.8 Å². The number of aromatic nitrogens is 1. The number of hydrogen-bond acceptors (Lipinski definition) is 5. The summed E-state index contributed by atoms with van der Waals surface area (Å²) in [5, 5.41) is 0. The summed E-state index contributed by atoms with van der Waals surface area (Å²) < 4.78 is 75.4. The third kappa shape index (κ3) is 4.56. The van der Waals surface area contributed by atoms with Crippen LogP contribution in [0, 0.1) is 0 Å². The number of nitrogens with zero attached hydrogens (tertiary/aromatic N) is 2. The molecule has 1 fully saturated rings. The Morgan fingerprint density at radius 3 is 2.36 bits per heavy atom. The number of pyridine rings is 1. The van der Waals surface area contributed by atoms with Gasteiger partial charge < -0.3 is 9.47 Å². The van der Waals surface area contributed by atoms with Crippen LogP contribution in [0.25, 0.3) is 0 Å². The molecule has 6 nitrogen and oxygen atoms in total. The Kier molecular flexibility index (Phi) is 5.53. The molecule has 1 aliphatic heterocycles. The van der Waals surface area contributed by atoms with Crippen LogP contribution in [0.15, 0.2) is 47.5 Å². The van der Waals surface area contributed by atoms with Crippen molar-refractivity contribution < 1.29 is 31.1 Å². The van der Waals surface area contributed by atoms with Gasteiger partial charge in [0.2, 0.25) is 15.9 Å². The third-order valence-electron chi connectivity index (χ3n) is 4.00. The van der Waals surface area contributed by atoms with Gasteiger partial charge in [-0.1, -0.05) is 0 Å². The topological polar surface area (TPSA) is 68.7 Å². The molecule has 0 atom stereocenters. The van der Waals surface area contributed by atoms with E-state index in [4.69, 9.17) is 9.47 Å². The lowest BCUT2D eigenvalue weighted by Crippen LogP contribution is -2.56. The Morgan fingerprint density at radius 2 is 1.79 bits per heavy atom. The minimum Gasteiger partial charge on any atom is -0.491 e. The van der Waals surface area contributed by atoms with Crippen LogP contribution >= 0.6 is 0 Å². The van der Waals surface area contributed by atoms with E-state index < -0.39 is 27.9 Å². The molecule has 0 amide bonds. The zero-order valence-electron chi connectivity index (χ0n) is 15.2. The van der Waals surface area contributed by atoms with E-state index >= 15 is 0 Å². The highest BCUT2D eigenvalue weighted by molar-refractivity contribution is 7.89. The van der Waals surface area contributed by atoms with Crippen LogP contribution in [0.1, 0.15) is 19.4 Å². The van der Waals surface area contributed by atoms with Crippen molar-refractivity contribution in [2.24, 2.45) is 0 Å². The van der Waals surface area contributed by atoms with E-state index in [9.17, 15) is 21.6 Å². The number of benzene rings is 1. The van der Waals surface area contributed by atoms with Crippen molar-refractivity contribution >= 4 is 10.0 Å². The lowest BCUT2D eigenvalue weighted by Gasteiger charge is -2.37. The molecule has 0 aliphatic carbocycles. The maximum atomic E-state index is 12.7. The predicted molar refractivity (Wildman–Crippen MR) is 94.6 cm³/mol. The highest BCUT2D eigenvalue weighted by Gasteiger charge is 2.39. The Balaban J connectivity index is 1.61. The standard InChI is InChI=1S/C18H19F3N2O4S/c1-12(2)26-14-3-5-16(6-4-14)28(24,25)23-10-15(11-23)27-17-9-13(7-8-22-17)18(19,20)21/h3-9,12,15H,10-11H2,1-2H3. The van der Waals surface area contributed by atoms with Crippen molar-refractivity contribution in [3.63, 3.8) is 0 Å². The highest BCUT2D eigenvalue weighted by atomic mass is 32.2. The molecule has 1 aliphatic rings. The fourth-order valence-corrected chi connectivity index (χ4v) is 4.11. The molecule has 2 heterocycles. The van der Waals surface area contributed by atoms with Gasteiger partial charge in [0.05, 0.1) is 29.7 Å². The van der Waals surface area contributed by atoms with Crippen LogP contribution in [0.4, 0.5) is 13.2 Å². The number of halogens is 3. The predicted octanol–water partition coefficient (Wildman–Crippen LogP) is 3.34. The average molecular weight is 416 g/mol. The molecule has 0 saturated carbocycles. The zero-order chi connectivity index (χ0) is 20.5. The maximum Gasteiger partial charge on any atom is 0.416 e. The van der Waals surface area contributed by atoms with Crippen LogP contribution in [0.5, 0.6) is 11.6 Å². The van der Waals surface area contributed by atoms with Crippen LogP contribution in [0.2, 0.25) is 0 Å². The second-order valence-corrected chi connectivity index (χ2v) is 8.52. The SMILES string of the molecule is CC(C)Oc1ccc(S(=O)(=O)N2CC(Oc3cc(C(F)(F)F)ccn3)C2)cc1. The van der Waals surface area contributed by atoms with Gasteiger partial charge in [0, 0.05) is 12.3 Å². The Morgan fingerprint density at radius 1 is 1.14 bits per heavy atom. The first-order valence-electron chi connectivity index (χ1n) is 8.52. The molecule has 3 rings (SSSR count). The summed E-state index contributed by atoms with van der Waals surface area (Å²) in [6.45, 7) is 3.79. The quantitative estimate of drug-likeness (QED) is 0.723. The number of hydrogen-bond donors (Lipinski definition) is 0. The first-order chi connectivity index (χ1) is 13.1. The number of sulfonamides is 1. The lowest BCUT2D eigenvalue weighted by atomic mass is 10.2. The molecule has 1 aromatic heterocycles. The first kappa shape index (κ1) is 20.4. The van der Waals surface area contributed by atoms with Crippen molar-refractivity contribution in [2.45, 2.75) is 37.1 Å².